The standard InChI is InChI=1S/C13H16N2O2/c1-9(2)8-11(12(14)16)15-13(17)10-6-4-3-5-7-10/h3-7,11H,1,8H2,2H3,(H2,14,16)(H,15,17)/t11-/m0/s1. The van der Waals surface area contributed by atoms with E-state index in [0.717, 1.165) is 5.57 Å². The van der Waals surface area contributed by atoms with Crippen molar-refractivity contribution in [2.24, 2.45) is 5.73 Å². The number of hydrogen-bond donors (Lipinski definition) is 2. The molecule has 1 rings (SSSR count). The molecule has 1 atom stereocenters. The number of carbonyl (C=O) groups is 2. The Bertz CT molecular complexity index is 426. The average Bonchev–Trinajstić information content (AvgIpc) is 2.28. The second-order valence-electron chi connectivity index (χ2n) is 3.96. The van der Waals surface area contributed by atoms with Gasteiger partial charge in [0.15, 0.2) is 0 Å². The molecule has 0 aromatic heterocycles. The van der Waals surface area contributed by atoms with E-state index in [1.807, 2.05) is 6.07 Å². The zero-order chi connectivity index (χ0) is 12.8. The number of rotatable bonds is 5. The molecule has 2 amide bonds. The molecule has 0 saturated heterocycles. The molecule has 3 N–H and O–H groups in total. The molecule has 17 heavy (non-hydrogen) atoms. The average molecular weight is 232 g/mol. The zero-order valence-corrected chi connectivity index (χ0v) is 9.77. The normalized spacial score (nSPS) is 11.6. The molecular formula is C13H16N2O2. The van der Waals surface area contributed by atoms with Crippen molar-refractivity contribution >= 4 is 11.8 Å². The van der Waals surface area contributed by atoms with Crippen LogP contribution >= 0.6 is 0 Å². The lowest BCUT2D eigenvalue weighted by Gasteiger charge is -2.15. The first kappa shape index (κ1) is 13.0. The van der Waals surface area contributed by atoms with Gasteiger partial charge in [0.1, 0.15) is 6.04 Å². The van der Waals surface area contributed by atoms with Gasteiger partial charge in [0.2, 0.25) is 5.91 Å². The van der Waals surface area contributed by atoms with Crippen LogP contribution in [0.2, 0.25) is 0 Å². The first-order valence-corrected chi connectivity index (χ1v) is 5.30. The van der Waals surface area contributed by atoms with Crippen LogP contribution in [0, 0.1) is 0 Å². The topological polar surface area (TPSA) is 72.2 Å². The number of benzene rings is 1. The Labute approximate surface area is 101 Å². The van der Waals surface area contributed by atoms with Gasteiger partial charge < -0.3 is 11.1 Å². The van der Waals surface area contributed by atoms with Gasteiger partial charge >= 0.3 is 0 Å². The fourth-order valence-electron chi connectivity index (χ4n) is 1.40. The van der Waals surface area contributed by atoms with Crippen molar-refractivity contribution in [3.8, 4) is 0 Å². The molecule has 4 heteroatoms. The number of hydrogen-bond acceptors (Lipinski definition) is 2. The van der Waals surface area contributed by atoms with Gasteiger partial charge in [-0.25, -0.2) is 0 Å². The van der Waals surface area contributed by atoms with Gasteiger partial charge in [-0.3, -0.25) is 9.59 Å². The van der Waals surface area contributed by atoms with Gasteiger partial charge in [-0.2, -0.15) is 0 Å². The Balaban J connectivity index is 2.71. The van der Waals surface area contributed by atoms with E-state index in [4.69, 9.17) is 5.73 Å². The largest absolute Gasteiger partial charge is 0.368 e. The van der Waals surface area contributed by atoms with Crippen LogP contribution in [0.3, 0.4) is 0 Å². The van der Waals surface area contributed by atoms with E-state index in [1.165, 1.54) is 0 Å². The molecule has 1 aromatic rings. The molecule has 4 nitrogen and oxygen atoms in total. The summed E-state index contributed by atoms with van der Waals surface area (Å²) in [6.07, 6.45) is 0.355. The summed E-state index contributed by atoms with van der Waals surface area (Å²) in [5, 5.41) is 2.59. The van der Waals surface area contributed by atoms with Gasteiger partial charge in [-0.1, -0.05) is 23.8 Å². The summed E-state index contributed by atoms with van der Waals surface area (Å²) in [6, 6.07) is 7.97. The lowest BCUT2D eigenvalue weighted by molar-refractivity contribution is -0.119. The van der Waals surface area contributed by atoms with Crippen molar-refractivity contribution < 1.29 is 9.59 Å². The Hall–Kier alpha value is -2.10. The van der Waals surface area contributed by atoms with Crippen molar-refractivity contribution in [2.45, 2.75) is 19.4 Å². The first-order chi connectivity index (χ1) is 8.00. The summed E-state index contributed by atoms with van der Waals surface area (Å²) in [5.74, 6) is -0.868. The van der Waals surface area contributed by atoms with Crippen LogP contribution in [0.1, 0.15) is 23.7 Å². The molecule has 0 fully saturated rings. The highest BCUT2D eigenvalue weighted by molar-refractivity contribution is 5.97. The van der Waals surface area contributed by atoms with Gasteiger partial charge in [0, 0.05) is 5.56 Å². The molecule has 90 valence electrons. The molecular weight excluding hydrogens is 216 g/mol. The van der Waals surface area contributed by atoms with Crippen molar-refractivity contribution in [1.29, 1.82) is 0 Å². The summed E-state index contributed by atoms with van der Waals surface area (Å²) in [6.45, 7) is 5.48. The van der Waals surface area contributed by atoms with Crippen molar-refractivity contribution in [3.63, 3.8) is 0 Å². The lowest BCUT2D eigenvalue weighted by atomic mass is 10.1. The number of amides is 2. The summed E-state index contributed by atoms with van der Waals surface area (Å²) < 4.78 is 0. The number of nitrogens with one attached hydrogen (secondary N) is 1. The minimum absolute atomic E-state index is 0.310. The third-order valence-corrected chi connectivity index (χ3v) is 2.24. The van der Waals surface area contributed by atoms with Crippen molar-refractivity contribution in [3.05, 3.63) is 48.0 Å². The van der Waals surface area contributed by atoms with E-state index in [2.05, 4.69) is 11.9 Å². The van der Waals surface area contributed by atoms with Gasteiger partial charge in [-0.15, -0.1) is 6.58 Å². The zero-order valence-electron chi connectivity index (χ0n) is 9.77. The number of primary amides is 1. The predicted octanol–water partition coefficient (Wildman–Crippen LogP) is 1.24. The summed E-state index contributed by atoms with van der Waals surface area (Å²) in [4.78, 5) is 23.0. The molecule has 0 radical (unpaired) electrons. The monoisotopic (exact) mass is 232 g/mol. The van der Waals surface area contributed by atoms with Crippen LogP contribution in [-0.4, -0.2) is 17.9 Å². The Morgan fingerprint density at radius 1 is 1.35 bits per heavy atom. The van der Waals surface area contributed by atoms with E-state index in [0.29, 0.717) is 12.0 Å². The van der Waals surface area contributed by atoms with Gasteiger partial charge in [-0.05, 0) is 25.5 Å². The Kier molecular flexibility index (Phi) is 4.46. The fourth-order valence-corrected chi connectivity index (χ4v) is 1.40. The number of carbonyl (C=O) groups excluding carboxylic acids is 2. The molecule has 0 aliphatic rings. The Morgan fingerprint density at radius 2 is 1.94 bits per heavy atom. The lowest BCUT2D eigenvalue weighted by Crippen LogP contribution is -2.44. The van der Waals surface area contributed by atoms with E-state index in [9.17, 15) is 9.59 Å². The SMILES string of the molecule is C=C(C)C[C@H](NC(=O)c1ccccc1)C(N)=O. The van der Waals surface area contributed by atoms with Crippen molar-refractivity contribution in [1.82, 2.24) is 5.32 Å². The highest BCUT2D eigenvalue weighted by Gasteiger charge is 2.18. The third kappa shape index (κ3) is 4.10. The summed E-state index contributed by atoms with van der Waals surface area (Å²) in [5.41, 5.74) is 6.51. The van der Waals surface area contributed by atoms with Crippen LogP contribution < -0.4 is 11.1 Å². The quantitative estimate of drug-likeness (QED) is 0.749. The van der Waals surface area contributed by atoms with Crippen LogP contribution in [0.5, 0.6) is 0 Å². The minimum Gasteiger partial charge on any atom is -0.368 e. The van der Waals surface area contributed by atoms with E-state index < -0.39 is 11.9 Å². The van der Waals surface area contributed by atoms with Crippen molar-refractivity contribution in [2.75, 3.05) is 0 Å². The third-order valence-electron chi connectivity index (χ3n) is 2.24. The molecule has 0 heterocycles. The second-order valence-corrected chi connectivity index (χ2v) is 3.96. The highest BCUT2D eigenvalue weighted by Crippen LogP contribution is 2.04. The molecule has 0 aliphatic carbocycles. The fraction of sp³-hybridized carbons (Fsp3) is 0.231. The molecule has 0 aliphatic heterocycles. The van der Waals surface area contributed by atoms with Crippen LogP contribution in [-0.2, 0) is 4.79 Å². The van der Waals surface area contributed by atoms with E-state index >= 15 is 0 Å². The van der Waals surface area contributed by atoms with Crippen LogP contribution in [0.15, 0.2) is 42.5 Å². The molecule has 0 unspecified atom stereocenters. The second kappa shape index (κ2) is 5.84. The molecule has 0 bridgehead atoms. The maximum atomic E-state index is 11.8. The maximum Gasteiger partial charge on any atom is 0.251 e. The Morgan fingerprint density at radius 3 is 2.41 bits per heavy atom. The smallest absolute Gasteiger partial charge is 0.251 e. The maximum absolute atomic E-state index is 11.8. The molecule has 0 saturated carbocycles. The van der Waals surface area contributed by atoms with Gasteiger partial charge in [0.25, 0.3) is 5.91 Å². The van der Waals surface area contributed by atoms with E-state index in [-0.39, 0.29) is 5.91 Å². The summed E-state index contributed by atoms with van der Waals surface area (Å²) >= 11 is 0. The predicted molar refractivity (Wildman–Crippen MR) is 66.3 cm³/mol. The molecule has 1 aromatic carbocycles. The number of nitrogens with two attached hydrogens (primary N) is 1. The van der Waals surface area contributed by atoms with Crippen LogP contribution in [0.25, 0.3) is 0 Å². The van der Waals surface area contributed by atoms with Gasteiger partial charge in [0.05, 0.1) is 0 Å². The van der Waals surface area contributed by atoms with E-state index in [1.54, 1.807) is 31.2 Å². The van der Waals surface area contributed by atoms with Crippen LogP contribution in [0.4, 0.5) is 0 Å². The first-order valence-electron chi connectivity index (χ1n) is 5.30. The molecule has 0 spiro atoms. The highest BCUT2D eigenvalue weighted by atomic mass is 16.2. The summed E-state index contributed by atoms with van der Waals surface area (Å²) in [7, 11) is 0. The minimum atomic E-state index is -0.708.